The normalized spacial score (nSPS) is 15.5. The predicted molar refractivity (Wildman–Crippen MR) is 86.2 cm³/mol. The van der Waals surface area contributed by atoms with Gasteiger partial charge in [-0.2, -0.15) is 5.26 Å². The van der Waals surface area contributed by atoms with Crippen molar-refractivity contribution in [2.75, 3.05) is 11.1 Å². The minimum atomic E-state index is 0.310. The van der Waals surface area contributed by atoms with E-state index in [9.17, 15) is 5.26 Å². The Morgan fingerprint density at radius 2 is 2.10 bits per heavy atom. The van der Waals surface area contributed by atoms with Gasteiger partial charge in [-0.15, -0.1) is 5.10 Å². The van der Waals surface area contributed by atoms with Crippen molar-refractivity contribution in [2.45, 2.75) is 25.8 Å². The Hall–Kier alpha value is -2.00. The van der Waals surface area contributed by atoms with Crippen LogP contribution in [0.5, 0.6) is 0 Å². The monoisotopic (exact) mass is 345 g/mol. The number of rotatable bonds is 4. The van der Waals surface area contributed by atoms with E-state index in [4.69, 9.17) is 5.73 Å². The molecule has 0 saturated heterocycles. The van der Waals surface area contributed by atoms with Gasteiger partial charge in [-0.25, -0.2) is 4.68 Å². The SMILES string of the molecule is CC(Nc1nn(-c2ccc(Br)cc2)c(N)c1C#N)C1CC1. The van der Waals surface area contributed by atoms with Crippen LogP contribution in [-0.2, 0) is 0 Å². The molecule has 21 heavy (non-hydrogen) atoms. The predicted octanol–water partition coefficient (Wildman–Crippen LogP) is 3.30. The zero-order valence-electron chi connectivity index (χ0n) is 11.7. The van der Waals surface area contributed by atoms with E-state index in [1.54, 1.807) is 4.68 Å². The van der Waals surface area contributed by atoms with Gasteiger partial charge >= 0.3 is 0 Å². The molecule has 1 unspecified atom stereocenters. The van der Waals surface area contributed by atoms with Crippen molar-refractivity contribution >= 4 is 27.6 Å². The first-order valence-corrected chi connectivity index (χ1v) is 7.70. The lowest BCUT2D eigenvalue weighted by Crippen LogP contribution is -2.18. The second kappa shape index (κ2) is 5.41. The first-order chi connectivity index (χ1) is 10.1. The summed E-state index contributed by atoms with van der Waals surface area (Å²) >= 11 is 3.40. The van der Waals surface area contributed by atoms with Crippen molar-refractivity contribution < 1.29 is 0 Å². The minimum Gasteiger partial charge on any atom is -0.382 e. The third-order valence-electron chi connectivity index (χ3n) is 3.80. The zero-order valence-corrected chi connectivity index (χ0v) is 13.3. The first kappa shape index (κ1) is 14.0. The standard InChI is InChI=1S/C15H16BrN5/c1-9(10-2-3-10)19-15-13(8-17)14(18)21(20-15)12-6-4-11(16)5-7-12/h4-7,9-10H,2-3,18H2,1H3,(H,19,20). The van der Waals surface area contributed by atoms with Crippen molar-refractivity contribution in [1.29, 1.82) is 5.26 Å². The molecule has 0 amide bonds. The van der Waals surface area contributed by atoms with E-state index in [0.29, 0.717) is 29.2 Å². The summed E-state index contributed by atoms with van der Waals surface area (Å²) in [5.41, 5.74) is 7.32. The second-order valence-electron chi connectivity index (χ2n) is 5.38. The van der Waals surface area contributed by atoms with Crippen molar-refractivity contribution in [2.24, 2.45) is 5.92 Å². The van der Waals surface area contributed by atoms with E-state index >= 15 is 0 Å². The summed E-state index contributed by atoms with van der Waals surface area (Å²) in [6, 6.07) is 10.1. The molecule has 0 radical (unpaired) electrons. The fourth-order valence-electron chi connectivity index (χ4n) is 2.35. The summed E-state index contributed by atoms with van der Waals surface area (Å²) in [6.07, 6.45) is 2.47. The van der Waals surface area contributed by atoms with Gasteiger partial charge in [-0.3, -0.25) is 0 Å². The zero-order chi connectivity index (χ0) is 15.0. The maximum absolute atomic E-state index is 9.34. The van der Waals surface area contributed by atoms with E-state index in [1.807, 2.05) is 24.3 Å². The van der Waals surface area contributed by atoms with Gasteiger partial charge in [-0.05, 0) is 49.9 Å². The summed E-state index contributed by atoms with van der Waals surface area (Å²) < 4.78 is 2.59. The molecule has 1 aromatic heterocycles. The molecule has 1 aromatic carbocycles. The van der Waals surface area contributed by atoms with Crippen molar-refractivity contribution in [3.63, 3.8) is 0 Å². The van der Waals surface area contributed by atoms with Gasteiger partial charge < -0.3 is 11.1 Å². The number of nitrogens with one attached hydrogen (secondary N) is 1. The van der Waals surface area contributed by atoms with Gasteiger partial charge in [0.25, 0.3) is 0 Å². The molecule has 6 heteroatoms. The van der Waals surface area contributed by atoms with Crippen LogP contribution in [0.2, 0.25) is 0 Å². The van der Waals surface area contributed by atoms with E-state index in [1.165, 1.54) is 12.8 Å². The molecule has 3 rings (SSSR count). The van der Waals surface area contributed by atoms with Crippen molar-refractivity contribution in [1.82, 2.24) is 9.78 Å². The molecule has 5 nitrogen and oxygen atoms in total. The van der Waals surface area contributed by atoms with Crippen LogP contribution in [0, 0.1) is 17.2 Å². The topological polar surface area (TPSA) is 79.7 Å². The molecule has 1 aliphatic rings. The lowest BCUT2D eigenvalue weighted by atomic mass is 10.2. The summed E-state index contributed by atoms with van der Waals surface area (Å²) in [5, 5.41) is 17.1. The molecule has 108 valence electrons. The summed E-state index contributed by atoms with van der Waals surface area (Å²) in [5.74, 6) is 1.61. The third-order valence-corrected chi connectivity index (χ3v) is 4.33. The third kappa shape index (κ3) is 2.74. The maximum atomic E-state index is 9.34. The van der Waals surface area contributed by atoms with E-state index in [-0.39, 0.29) is 0 Å². The van der Waals surface area contributed by atoms with Gasteiger partial charge in [0.2, 0.25) is 0 Å². The Morgan fingerprint density at radius 1 is 1.43 bits per heavy atom. The Kier molecular flexibility index (Phi) is 3.60. The number of hydrogen-bond donors (Lipinski definition) is 2. The lowest BCUT2D eigenvalue weighted by molar-refractivity contribution is 0.687. The van der Waals surface area contributed by atoms with Crippen molar-refractivity contribution in [3.05, 3.63) is 34.3 Å². The second-order valence-corrected chi connectivity index (χ2v) is 6.29. The van der Waals surface area contributed by atoms with Crippen LogP contribution in [0.3, 0.4) is 0 Å². The van der Waals surface area contributed by atoms with Crippen molar-refractivity contribution in [3.8, 4) is 11.8 Å². The van der Waals surface area contributed by atoms with Gasteiger partial charge in [0.15, 0.2) is 5.82 Å². The van der Waals surface area contributed by atoms with Crippen LogP contribution in [0.4, 0.5) is 11.6 Å². The Balaban J connectivity index is 1.96. The molecule has 0 bridgehead atoms. The highest BCUT2D eigenvalue weighted by Gasteiger charge is 2.29. The van der Waals surface area contributed by atoms with Crippen LogP contribution < -0.4 is 11.1 Å². The Bertz CT molecular complexity index is 694. The summed E-state index contributed by atoms with van der Waals surface area (Å²) in [6.45, 7) is 2.12. The molecule has 3 N–H and O–H groups in total. The van der Waals surface area contributed by atoms with E-state index < -0.39 is 0 Å². The quantitative estimate of drug-likeness (QED) is 0.890. The van der Waals surface area contributed by atoms with Crippen LogP contribution in [0.15, 0.2) is 28.7 Å². The number of nitrogen functional groups attached to an aromatic ring is 1. The number of nitrogens with zero attached hydrogens (tertiary/aromatic N) is 3. The Labute approximate surface area is 131 Å². The molecular weight excluding hydrogens is 330 g/mol. The van der Waals surface area contributed by atoms with Gasteiger partial charge in [0, 0.05) is 10.5 Å². The lowest BCUT2D eigenvalue weighted by Gasteiger charge is -2.11. The molecule has 1 heterocycles. The average Bonchev–Trinajstić information content (AvgIpc) is 3.26. The molecule has 1 saturated carbocycles. The molecular formula is C15H16BrN5. The molecule has 1 atom stereocenters. The fourth-order valence-corrected chi connectivity index (χ4v) is 2.62. The molecule has 0 spiro atoms. The van der Waals surface area contributed by atoms with Gasteiger partial charge in [-0.1, -0.05) is 15.9 Å². The van der Waals surface area contributed by atoms with Crippen LogP contribution in [-0.4, -0.2) is 15.8 Å². The number of hydrogen-bond acceptors (Lipinski definition) is 4. The number of nitriles is 1. The first-order valence-electron chi connectivity index (χ1n) is 6.91. The molecule has 2 aromatic rings. The number of halogens is 1. The Morgan fingerprint density at radius 3 is 2.67 bits per heavy atom. The van der Waals surface area contributed by atoms with Gasteiger partial charge in [0.1, 0.15) is 17.5 Å². The highest BCUT2D eigenvalue weighted by Crippen LogP contribution is 2.35. The highest BCUT2D eigenvalue weighted by molar-refractivity contribution is 9.10. The molecule has 1 fully saturated rings. The number of nitrogens with two attached hydrogens (primary N) is 1. The largest absolute Gasteiger partial charge is 0.382 e. The van der Waals surface area contributed by atoms with E-state index in [2.05, 4.69) is 39.3 Å². The molecule has 1 aliphatic carbocycles. The maximum Gasteiger partial charge on any atom is 0.168 e. The average molecular weight is 346 g/mol. The van der Waals surface area contributed by atoms with E-state index in [0.717, 1.165) is 10.2 Å². The summed E-state index contributed by atoms with van der Waals surface area (Å²) in [4.78, 5) is 0. The highest BCUT2D eigenvalue weighted by atomic mass is 79.9. The van der Waals surface area contributed by atoms with Crippen LogP contribution >= 0.6 is 15.9 Å². The number of anilines is 2. The smallest absolute Gasteiger partial charge is 0.168 e. The van der Waals surface area contributed by atoms with Gasteiger partial charge in [0.05, 0.1) is 5.69 Å². The van der Waals surface area contributed by atoms with Crippen LogP contribution in [0.1, 0.15) is 25.3 Å². The fraction of sp³-hybridized carbons (Fsp3) is 0.333. The van der Waals surface area contributed by atoms with Crippen LogP contribution in [0.25, 0.3) is 5.69 Å². The number of benzene rings is 1. The summed E-state index contributed by atoms with van der Waals surface area (Å²) in [7, 11) is 0. The minimum absolute atomic E-state index is 0.310. The number of aromatic nitrogens is 2. The molecule has 0 aliphatic heterocycles.